The molecule has 1 aromatic rings. The van der Waals surface area contributed by atoms with Crippen LogP contribution in [0.2, 0.25) is 0 Å². The zero-order valence-electron chi connectivity index (χ0n) is 10.9. The summed E-state index contributed by atoms with van der Waals surface area (Å²) in [5.41, 5.74) is 9.12. The minimum Gasteiger partial charge on any atom is -0.323 e. The summed E-state index contributed by atoms with van der Waals surface area (Å²) in [5.74, 6) is 0.00850. The Morgan fingerprint density at radius 3 is 2.29 bits per heavy atom. The van der Waals surface area contributed by atoms with Crippen LogP contribution in [0, 0.1) is 13.8 Å². The van der Waals surface area contributed by atoms with Crippen molar-refractivity contribution in [1.29, 1.82) is 0 Å². The molecule has 0 aliphatic rings. The van der Waals surface area contributed by atoms with Crippen LogP contribution < -0.4 is 5.73 Å². The Kier molecular flexibility index (Phi) is 4.33. The number of hydrogen-bond donors (Lipinski definition) is 1. The highest BCUT2D eigenvalue weighted by Gasteiger charge is 2.21. The first-order chi connectivity index (χ1) is 7.74. The van der Waals surface area contributed by atoms with Gasteiger partial charge in [0, 0.05) is 6.04 Å². The Balaban J connectivity index is 2.95. The van der Waals surface area contributed by atoms with E-state index in [2.05, 4.69) is 0 Å². The number of aryl methyl sites for hydroxylation is 2. The third-order valence-electron chi connectivity index (χ3n) is 2.95. The van der Waals surface area contributed by atoms with Crippen LogP contribution in [0.3, 0.4) is 0 Å². The largest absolute Gasteiger partial charge is 0.323 e. The van der Waals surface area contributed by atoms with Crippen molar-refractivity contribution < 1.29 is 8.42 Å². The van der Waals surface area contributed by atoms with Crippen LogP contribution in [-0.4, -0.2) is 19.4 Å². The maximum atomic E-state index is 11.8. The van der Waals surface area contributed by atoms with Gasteiger partial charge in [0.15, 0.2) is 9.84 Å². The number of sulfone groups is 1. The van der Waals surface area contributed by atoms with Crippen LogP contribution >= 0.6 is 0 Å². The number of rotatable bonds is 4. The van der Waals surface area contributed by atoms with Crippen molar-refractivity contribution in [3.63, 3.8) is 0 Å². The van der Waals surface area contributed by atoms with Gasteiger partial charge in [0.2, 0.25) is 0 Å². The van der Waals surface area contributed by atoms with E-state index in [1.165, 1.54) is 0 Å². The first kappa shape index (κ1) is 14.2. The lowest BCUT2D eigenvalue weighted by Gasteiger charge is -2.17. The molecule has 0 aliphatic carbocycles. The van der Waals surface area contributed by atoms with Crippen molar-refractivity contribution in [2.45, 2.75) is 39.0 Å². The maximum Gasteiger partial charge on any atom is 0.154 e. The van der Waals surface area contributed by atoms with Crippen molar-refractivity contribution in [2.75, 3.05) is 5.75 Å². The van der Waals surface area contributed by atoms with Gasteiger partial charge in [-0.1, -0.05) is 23.8 Å². The normalized spacial score (nSPS) is 14.0. The molecule has 0 aromatic heterocycles. The third kappa shape index (κ3) is 3.54. The summed E-state index contributed by atoms with van der Waals surface area (Å²) in [7, 11) is -3.10. The third-order valence-corrected chi connectivity index (χ3v) is 5.22. The average molecular weight is 255 g/mol. The molecule has 0 spiro atoms. The molecule has 0 aliphatic heterocycles. The van der Waals surface area contributed by atoms with Gasteiger partial charge in [-0.3, -0.25) is 0 Å². The topological polar surface area (TPSA) is 60.2 Å². The van der Waals surface area contributed by atoms with E-state index in [-0.39, 0.29) is 11.0 Å². The molecule has 1 unspecified atom stereocenters. The summed E-state index contributed by atoms with van der Waals surface area (Å²) >= 11 is 0. The van der Waals surface area contributed by atoms with Crippen molar-refractivity contribution in [2.24, 2.45) is 5.73 Å². The fourth-order valence-corrected chi connectivity index (χ4v) is 2.84. The number of hydrogen-bond acceptors (Lipinski definition) is 3. The van der Waals surface area contributed by atoms with Gasteiger partial charge in [-0.25, -0.2) is 8.42 Å². The summed E-state index contributed by atoms with van der Waals surface area (Å²) in [6, 6.07) is 5.47. The summed E-state index contributed by atoms with van der Waals surface area (Å²) in [4.78, 5) is 0. The summed E-state index contributed by atoms with van der Waals surface area (Å²) in [6.07, 6.45) is 0. The molecule has 1 rings (SSSR count). The molecule has 0 radical (unpaired) electrons. The molecular formula is C13H21NO2S. The van der Waals surface area contributed by atoms with Crippen molar-refractivity contribution in [1.82, 2.24) is 0 Å². The van der Waals surface area contributed by atoms with Gasteiger partial charge < -0.3 is 5.73 Å². The van der Waals surface area contributed by atoms with Gasteiger partial charge in [-0.2, -0.15) is 0 Å². The van der Waals surface area contributed by atoms with E-state index >= 15 is 0 Å². The molecule has 1 aromatic carbocycles. The SMILES string of the molecule is Cc1ccc(C(N)CS(=O)(=O)C(C)C)c(C)c1. The molecule has 0 amide bonds. The van der Waals surface area contributed by atoms with Crippen LogP contribution in [0.4, 0.5) is 0 Å². The first-order valence-electron chi connectivity index (χ1n) is 5.78. The molecule has 1 atom stereocenters. The Labute approximate surface area is 104 Å². The van der Waals surface area contributed by atoms with Crippen LogP contribution in [0.5, 0.6) is 0 Å². The van der Waals surface area contributed by atoms with Gasteiger partial charge in [0.1, 0.15) is 0 Å². The highest BCUT2D eigenvalue weighted by atomic mass is 32.2. The quantitative estimate of drug-likeness (QED) is 0.896. The molecule has 0 saturated carbocycles. The van der Waals surface area contributed by atoms with Crippen molar-refractivity contribution in [3.05, 3.63) is 34.9 Å². The van der Waals surface area contributed by atoms with E-state index in [0.29, 0.717) is 0 Å². The number of benzene rings is 1. The fraction of sp³-hybridized carbons (Fsp3) is 0.538. The minimum atomic E-state index is -3.10. The predicted octanol–water partition coefficient (Wildman–Crippen LogP) is 2.13. The van der Waals surface area contributed by atoms with Crippen molar-refractivity contribution >= 4 is 9.84 Å². The van der Waals surface area contributed by atoms with E-state index in [0.717, 1.165) is 16.7 Å². The molecule has 3 nitrogen and oxygen atoms in total. The molecule has 0 fully saturated rings. The van der Waals surface area contributed by atoms with E-state index in [9.17, 15) is 8.42 Å². The molecule has 17 heavy (non-hydrogen) atoms. The highest BCUT2D eigenvalue weighted by Crippen LogP contribution is 2.19. The second-order valence-electron chi connectivity index (χ2n) is 4.84. The second-order valence-corrected chi connectivity index (χ2v) is 7.45. The van der Waals surface area contributed by atoms with Crippen LogP contribution in [0.1, 0.15) is 36.6 Å². The molecule has 0 saturated heterocycles. The first-order valence-corrected chi connectivity index (χ1v) is 7.50. The Bertz CT molecular complexity index is 492. The van der Waals surface area contributed by atoms with Gasteiger partial charge >= 0.3 is 0 Å². The van der Waals surface area contributed by atoms with E-state index in [4.69, 9.17) is 5.73 Å². The zero-order chi connectivity index (χ0) is 13.2. The Morgan fingerprint density at radius 2 is 1.82 bits per heavy atom. The lowest BCUT2D eigenvalue weighted by molar-refractivity contribution is 0.580. The lowest BCUT2D eigenvalue weighted by atomic mass is 10.0. The molecule has 4 heteroatoms. The van der Waals surface area contributed by atoms with Gasteiger partial charge in [-0.05, 0) is 38.8 Å². The highest BCUT2D eigenvalue weighted by molar-refractivity contribution is 7.92. The molecule has 2 N–H and O–H groups in total. The molecule has 0 heterocycles. The van der Waals surface area contributed by atoms with Crippen molar-refractivity contribution in [3.8, 4) is 0 Å². The monoisotopic (exact) mass is 255 g/mol. The average Bonchev–Trinajstić information content (AvgIpc) is 2.15. The Hall–Kier alpha value is -0.870. The Morgan fingerprint density at radius 1 is 1.24 bits per heavy atom. The second kappa shape index (κ2) is 5.19. The van der Waals surface area contributed by atoms with Crippen LogP contribution in [0.25, 0.3) is 0 Å². The maximum absolute atomic E-state index is 11.8. The summed E-state index contributed by atoms with van der Waals surface area (Å²) < 4.78 is 23.6. The smallest absolute Gasteiger partial charge is 0.154 e. The van der Waals surface area contributed by atoms with Gasteiger partial charge in [0.05, 0.1) is 11.0 Å². The van der Waals surface area contributed by atoms with E-state index < -0.39 is 15.9 Å². The predicted molar refractivity (Wildman–Crippen MR) is 71.8 cm³/mol. The standard InChI is InChI=1S/C13H21NO2S/c1-9(2)17(15,16)8-13(14)12-6-5-10(3)7-11(12)4/h5-7,9,13H,8,14H2,1-4H3. The van der Waals surface area contributed by atoms with Crippen LogP contribution in [-0.2, 0) is 9.84 Å². The van der Waals surface area contributed by atoms with Crippen LogP contribution in [0.15, 0.2) is 18.2 Å². The zero-order valence-corrected chi connectivity index (χ0v) is 11.7. The van der Waals surface area contributed by atoms with Gasteiger partial charge in [0.25, 0.3) is 0 Å². The summed E-state index contributed by atoms with van der Waals surface area (Å²) in [5, 5.41) is -0.376. The van der Waals surface area contributed by atoms with E-state index in [1.54, 1.807) is 13.8 Å². The van der Waals surface area contributed by atoms with E-state index in [1.807, 2.05) is 32.0 Å². The fourth-order valence-electron chi connectivity index (χ4n) is 1.77. The molecule has 0 bridgehead atoms. The minimum absolute atomic E-state index is 0.00850. The molecular weight excluding hydrogens is 234 g/mol. The van der Waals surface area contributed by atoms with Gasteiger partial charge in [-0.15, -0.1) is 0 Å². The molecule has 96 valence electrons. The lowest BCUT2D eigenvalue weighted by Crippen LogP contribution is -2.27. The number of nitrogens with two attached hydrogens (primary N) is 1. The summed E-state index contributed by atoms with van der Waals surface area (Å²) in [6.45, 7) is 7.34.